The Morgan fingerprint density at radius 3 is 2.87 bits per heavy atom. The monoisotopic (exact) mass is 538 g/mol. The van der Waals surface area contributed by atoms with Crippen LogP contribution in [0.4, 0.5) is 0 Å². The Morgan fingerprint density at radius 1 is 1.18 bits per heavy atom. The summed E-state index contributed by atoms with van der Waals surface area (Å²) >= 11 is 0. The lowest BCUT2D eigenvalue weighted by Gasteiger charge is -2.48. The van der Waals surface area contributed by atoms with E-state index in [1.807, 2.05) is 4.90 Å². The largest absolute Gasteiger partial charge is 0.490 e. The third-order valence-corrected chi connectivity index (χ3v) is 9.50. The number of carbonyl (C=O) groups excluding carboxylic acids is 1. The van der Waals surface area contributed by atoms with Gasteiger partial charge in [-0.05, 0) is 63.5 Å². The van der Waals surface area contributed by atoms with Gasteiger partial charge >= 0.3 is 0 Å². The standard InChI is InChI=1S/C29H46N8O2/c1-4-27(38)36-11-9-20(10-12-36)23-6-7-24-28(35-23)29(32-16-30-24)34-21-5-8-25(18(2)13-21)39-22-14-19(3)37-26(15-22)31-17-33-37/h4,9,14-15,18,21,23-26,28-35H,1,5-8,10-13,16-17H2,2-3H3. The molecule has 10 heteroatoms. The zero-order valence-electron chi connectivity index (χ0n) is 23.4. The molecule has 10 nitrogen and oxygen atoms in total. The van der Waals surface area contributed by atoms with Gasteiger partial charge in [0.15, 0.2) is 0 Å². The molecule has 5 heterocycles. The summed E-state index contributed by atoms with van der Waals surface area (Å²) in [5.74, 6) is 1.50. The molecule has 0 aromatic rings. The van der Waals surface area contributed by atoms with Crippen LogP contribution >= 0.6 is 0 Å². The van der Waals surface area contributed by atoms with E-state index in [1.165, 1.54) is 17.3 Å². The first-order chi connectivity index (χ1) is 19.0. The van der Waals surface area contributed by atoms with Gasteiger partial charge in [-0.15, -0.1) is 0 Å². The van der Waals surface area contributed by atoms with Crippen LogP contribution in [0.3, 0.4) is 0 Å². The second-order valence-corrected chi connectivity index (χ2v) is 12.0. The third kappa shape index (κ3) is 5.82. The van der Waals surface area contributed by atoms with Crippen molar-refractivity contribution in [2.75, 3.05) is 26.4 Å². The molecule has 1 amide bonds. The molecule has 1 saturated carbocycles. The van der Waals surface area contributed by atoms with Gasteiger partial charge in [-0.3, -0.25) is 31.1 Å². The highest BCUT2D eigenvalue weighted by Crippen LogP contribution is 2.32. The molecule has 6 N–H and O–H groups in total. The fourth-order valence-corrected chi connectivity index (χ4v) is 7.31. The molecule has 4 fully saturated rings. The molecule has 3 saturated heterocycles. The van der Waals surface area contributed by atoms with E-state index in [0.717, 1.165) is 64.2 Å². The van der Waals surface area contributed by atoms with E-state index in [9.17, 15) is 4.79 Å². The zero-order valence-corrected chi connectivity index (χ0v) is 23.4. The quantitative estimate of drug-likeness (QED) is 0.218. The van der Waals surface area contributed by atoms with Crippen LogP contribution < -0.4 is 32.0 Å². The molecule has 1 aliphatic carbocycles. The molecule has 0 spiro atoms. The van der Waals surface area contributed by atoms with Gasteiger partial charge in [-0.2, -0.15) is 0 Å². The first-order valence-electron chi connectivity index (χ1n) is 14.9. The lowest BCUT2D eigenvalue weighted by Crippen LogP contribution is -2.73. The lowest BCUT2D eigenvalue weighted by atomic mass is 9.82. The summed E-state index contributed by atoms with van der Waals surface area (Å²) in [5, 5.41) is 21.0. The maximum Gasteiger partial charge on any atom is 0.246 e. The third-order valence-electron chi connectivity index (χ3n) is 9.50. The van der Waals surface area contributed by atoms with Crippen LogP contribution in [-0.4, -0.2) is 84.8 Å². The molecular formula is C29H46N8O2. The molecule has 8 unspecified atom stereocenters. The van der Waals surface area contributed by atoms with Gasteiger partial charge in [-0.1, -0.05) is 25.2 Å². The number of fused-ring (bicyclic) bond motifs is 2. The van der Waals surface area contributed by atoms with Crippen LogP contribution in [0, 0.1) is 5.92 Å². The summed E-state index contributed by atoms with van der Waals surface area (Å²) < 4.78 is 6.55. The Kier molecular flexibility index (Phi) is 8.11. The molecule has 214 valence electrons. The SMILES string of the molecule is C=CC(=O)N1CC=C(C2CCC3NCNC(NC4CCC(OC5=CC6NCNN6C(C)=C5)C(C)C4)C3N2)CC1. The second-order valence-electron chi connectivity index (χ2n) is 12.0. The molecule has 5 aliphatic heterocycles. The number of nitrogens with zero attached hydrogens (tertiary/aromatic N) is 2. The number of piperidine rings is 1. The Labute approximate surface area is 232 Å². The van der Waals surface area contributed by atoms with Crippen molar-refractivity contribution in [3.05, 3.63) is 47.9 Å². The molecule has 0 aromatic carbocycles. The molecule has 6 rings (SSSR count). The maximum absolute atomic E-state index is 12.0. The van der Waals surface area contributed by atoms with Gasteiger partial charge in [0.05, 0.1) is 18.9 Å². The number of carbonyl (C=O) groups is 1. The highest BCUT2D eigenvalue weighted by Gasteiger charge is 2.41. The summed E-state index contributed by atoms with van der Waals surface area (Å²) in [6, 6.07) is 1.64. The summed E-state index contributed by atoms with van der Waals surface area (Å²) in [5.41, 5.74) is 5.98. The molecule has 0 radical (unpaired) electrons. The van der Waals surface area contributed by atoms with Crippen LogP contribution in [0.5, 0.6) is 0 Å². The summed E-state index contributed by atoms with van der Waals surface area (Å²) in [6.07, 6.45) is 15.2. The minimum Gasteiger partial charge on any atom is -0.490 e. The molecule has 0 aromatic heterocycles. The fraction of sp³-hybridized carbons (Fsp3) is 0.690. The van der Waals surface area contributed by atoms with Gasteiger partial charge in [0, 0.05) is 49.7 Å². The van der Waals surface area contributed by atoms with Crippen LogP contribution in [0.15, 0.2) is 47.9 Å². The van der Waals surface area contributed by atoms with Crippen molar-refractivity contribution in [3.63, 3.8) is 0 Å². The predicted octanol–water partition coefficient (Wildman–Crippen LogP) is 0.955. The Bertz CT molecular complexity index is 1030. The first-order valence-corrected chi connectivity index (χ1v) is 14.9. The Morgan fingerprint density at radius 2 is 2.08 bits per heavy atom. The minimum atomic E-state index is 0.0260. The zero-order chi connectivity index (χ0) is 26.9. The summed E-state index contributed by atoms with van der Waals surface area (Å²) in [6.45, 7) is 11.2. The van der Waals surface area contributed by atoms with Crippen molar-refractivity contribution in [2.24, 2.45) is 5.92 Å². The predicted molar refractivity (Wildman–Crippen MR) is 152 cm³/mol. The van der Waals surface area contributed by atoms with E-state index in [2.05, 4.69) is 75.7 Å². The molecule has 0 bridgehead atoms. The summed E-state index contributed by atoms with van der Waals surface area (Å²) in [7, 11) is 0. The number of hydrazine groups is 1. The van der Waals surface area contributed by atoms with Gasteiger partial charge < -0.3 is 15.0 Å². The van der Waals surface area contributed by atoms with Crippen LogP contribution in [-0.2, 0) is 9.53 Å². The van der Waals surface area contributed by atoms with Gasteiger partial charge in [0.1, 0.15) is 18.0 Å². The minimum absolute atomic E-state index is 0.0260. The molecule has 8 atom stereocenters. The number of hydrogen-bond acceptors (Lipinski definition) is 9. The molecule has 39 heavy (non-hydrogen) atoms. The van der Waals surface area contributed by atoms with Crippen LogP contribution in [0.25, 0.3) is 0 Å². The number of hydrogen-bond donors (Lipinski definition) is 6. The second kappa shape index (κ2) is 11.7. The number of allylic oxidation sites excluding steroid dienone is 2. The Hall–Kier alpha value is -2.21. The van der Waals surface area contributed by atoms with Crippen molar-refractivity contribution in [1.29, 1.82) is 0 Å². The number of amides is 1. The van der Waals surface area contributed by atoms with Crippen molar-refractivity contribution < 1.29 is 9.53 Å². The lowest BCUT2D eigenvalue weighted by molar-refractivity contribution is -0.125. The number of rotatable bonds is 6. The summed E-state index contributed by atoms with van der Waals surface area (Å²) in [4.78, 5) is 13.9. The van der Waals surface area contributed by atoms with Crippen molar-refractivity contribution >= 4 is 5.91 Å². The van der Waals surface area contributed by atoms with E-state index in [0.29, 0.717) is 36.6 Å². The first kappa shape index (κ1) is 27.0. The molecule has 6 aliphatic rings. The van der Waals surface area contributed by atoms with Crippen molar-refractivity contribution in [2.45, 2.75) is 95.0 Å². The topological polar surface area (TPSA) is 105 Å². The highest BCUT2D eigenvalue weighted by molar-refractivity contribution is 5.87. The highest BCUT2D eigenvalue weighted by atomic mass is 16.5. The Balaban J connectivity index is 1.03. The van der Waals surface area contributed by atoms with Gasteiger partial charge in [0.2, 0.25) is 5.91 Å². The smallest absolute Gasteiger partial charge is 0.246 e. The molecular weight excluding hydrogens is 492 g/mol. The van der Waals surface area contributed by atoms with E-state index in [1.54, 1.807) is 0 Å². The average Bonchev–Trinajstić information content (AvgIpc) is 3.44. The van der Waals surface area contributed by atoms with Crippen LogP contribution in [0.2, 0.25) is 0 Å². The van der Waals surface area contributed by atoms with Gasteiger partial charge in [-0.25, -0.2) is 5.43 Å². The maximum atomic E-state index is 12.0. The van der Waals surface area contributed by atoms with Gasteiger partial charge in [0.25, 0.3) is 0 Å². The average molecular weight is 539 g/mol. The van der Waals surface area contributed by atoms with E-state index in [4.69, 9.17) is 4.74 Å². The van der Waals surface area contributed by atoms with E-state index >= 15 is 0 Å². The van der Waals surface area contributed by atoms with E-state index < -0.39 is 0 Å². The van der Waals surface area contributed by atoms with E-state index in [-0.39, 0.29) is 24.3 Å². The number of ether oxygens (including phenoxy) is 1. The normalized spacial score (nSPS) is 38.7. The fourth-order valence-electron chi connectivity index (χ4n) is 7.31. The van der Waals surface area contributed by atoms with Crippen molar-refractivity contribution in [1.82, 2.24) is 41.9 Å². The van der Waals surface area contributed by atoms with Crippen molar-refractivity contribution in [3.8, 4) is 0 Å². The number of nitrogens with one attached hydrogen (secondary N) is 6. The van der Waals surface area contributed by atoms with Crippen LogP contribution in [0.1, 0.15) is 52.4 Å².